The van der Waals surface area contributed by atoms with Crippen molar-refractivity contribution in [3.05, 3.63) is 66.0 Å². The van der Waals surface area contributed by atoms with Gasteiger partial charge in [-0.05, 0) is 41.5 Å². The zero-order chi connectivity index (χ0) is 17.4. The number of carbonyl (C=O) groups excluding carboxylic acids is 1. The second-order valence-electron chi connectivity index (χ2n) is 5.80. The van der Waals surface area contributed by atoms with Crippen LogP contribution in [-0.4, -0.2) is 23.1 Å². The van der Waals surface area contributed by atoms with Crippen molar-refractivity contribution in [1.29, 1.82) is 0 Å². The number of anilines is 1. The van der Waals surface area contributed by atoms with Crippen LogP contribution in [0, 0.1) is 0 Å². The van der Waals surface area contributed by atoms with Crippen molar-refractivity contribution in [2.45, 2.75) is 0 Å². The van der Waals surface area contributed by atoms with E-state index in [4.69, 9.17) is 4.74 Å². The smallest absolute Gasteiger partial charge is 0.256 e. The van der Waals surface area contributed by atoms with Crippen LogP contribution < -0.4 is 10.1 Å². The quantitative estimate of drug-likeness (QED) is 0.637. The zero-order valence-corrected chi connectivity index (χ0v) is 13.5. The summed E-state index contributed by atoms with van der Waals surface area (Å²) < 4.78 is 5.35. The molecule has 1 amide bonds. The highest BCUT2D eigenvalue weighted by Crippen LogP contribution is 2.39. The van der Waals surface area contributed by atoms with Crippen molar-refractivity contribution in [3.63, 3.8) is 0 Å². The molecule has 3 N–H and O–H groups in total. The summed E-state index contributed by atoms with van der Waals surface area (Å²) >= 11 is 0. The monoisotopic (exact) mass is 332 g/mol. The number of aromatic hydroxyl groups is 1. The normalized spacial score (nSPS) is 14.4. The van der Waals surface area contributed by atoms with Gasteiger partial charge in [-0.2, -0.15) is 0 Å². The van der Waals surface area contributed by atoms with Crippen LogP contribution in [0.3, 0.4) is 0 Å². The Kier molecular flexibility index (Phi) is 3.54. The number of phenols is 1. The third-order valence-electron chi connectivity index (χ3n) is 4.23. The standard InChI is InChI=1S/C20H16N2O3/c1-25-19-10-14(23)3-5-15(19)13-2-4-16-17(8-12-6-7-21-11-12)20(24)22-18(16)9-13/h2-11,21,23H,1H3,(H,22,24)/b17-8-. The van der Waals surface area contributed by atoms with E-state index in [-0.39, 0.29) is 11.7 Å². The van der Waals surface area contributed by atoms with E-state index < -0.39 is 0 Å². The fourth-order valence-electron chi connectivity index (χ4n) is 3.02. The molecule has 0 unspecified atom stereocenters. The number of phenolic OH excluding ortho intramolecular Hbond substituents is 1. The SMILES string of the molecule is COc1cc(O)ccc1-c1ccc2c(c1)NC(=O)/C2=C\c1cc[nH]c1. The first-order valence-corrected chi connectivity index (χ1v) is 7.83. The number of hydrogen-bond donors (Lipinski definition) is 3. The van der Waals surface area contributed by atoms with E-state index in [9.17, 15) is 9.90 Å². The average Bonchev–Trinajstić information content (AvgIpc) is 3.23. The molecule has 0 bridgehead atoms. The van der Waals surface area contributed by atoms with Gasteiger partial charge >= 0.3 is 0 Å². The van der Waals surface area contributed by atoms with Crippen LogP contribution in [0.15, 0.2) is 54.9 Å². The Morgan fingerprint density at radius 1 is 1.08 bits per heavy atom. The van der Waals surface area contributed by atoms with Crippen LogP contribution in [-0.2, 0) is 4.79 Å². The number of rotatable bonds is 3. The molecular formula is C20H16N2O3. The molecule has 1 aliphatic heterocycles. The van der Waals surface area contributed by atoms with Crippen LogP contribution in [0.4, 0.5) is 5.69 Å². The number of fused-ring (bicyclic) bond motifs is 1. The Labute approximate surface area is 144 Å². The van der Waals surface area contributed by atoms with Crippen LogP contribution in [0.1, 0.15) is 11.1 Å². The highest BCUT2D eigenvalue weighted by atomic mass is 16.5. The maximum absolute atomic E-state index is 12.3. The fourth-order valence-corrected chi connectivity index (χ4v) is 3.02. The van der Waals surface area contributed by atoms with E-state index >= 15 is 0 Å². The van der Waals surface area contributed by atoms with E-state index in [0.29, 0.717) is 11.3 Å². The molecule has 124 valence electrons. The largest absolute Gasteiger partial charge is 0.508 e. The summed E-state index contributed by atoms with van der Waals surface area (Å²) in [5, 5.41) is 12.5. The van der Waals surface area contributed by atoms with E-state index in [1.54, 1.807) is 25.3 Å². The number of nitrogens with one attached hydrogen (secondary N) is 2. The Hall–Kier alpha value is -3.47. The van der Waals surface area contributed by atoms with Crippen molar-refractivity contribution in [2.24, 2.45) is 0 Å². The van der Waals surface area contributed by atoms with Crippen LogP contribution in [0.5, 0.6) is 11.5 Å². The summed E-state index contributed by atoms with van der Waals surface area (Å²) in [6.07, 6.45) is 5.52. The van der Waals surface area contributed by atoms with Gasteiger partial charge in [0.05, 0.1) is 7.11 Å². The lowest BCUT2D eigenvalue weighted by molar-refractivity contribution is -0.110. The maximum atomic E-state index is 12.3. The average molecular weight is 332 g/mol. The minimum Gasteiger partial charge on any atom is -0.508 e. The number of carbonyl (C=O) groups is 1. The predicted octanol–water partition coefficient (Wildman–Crippen LogP) is 3.89. The lowest BCUT2D eigenvalue weighted by Crippen LogP contribution is -2.03. The molecule has 1 aromatic heterocycles. The Balaban J connectivity index is 1.78. The van der Waals surface area contributed by atoms with E-state index in [1.165, 1.54) is 0 Å². The first-order chi connectivity index (χ1) is 12.2. The predicted molar refractivity (Wildman–Crippen MR) is 97.4 cm³/mol. The third kappa shape index (κ3) is 2.65. The highest BCUT2D eigenvalue weighted by Gasteiger charge is 2.24. The molecule has 1 aliphatic rings. The zero-order valence-electron chi connectivity index (χ0n) is 13.5. The van der Waals surface area contributed by atoms with Gasteiger partial charge in [0.1, 0.15) is 11.5 Å². The van der Waals surface area contributed by atoms with Gasteiger partial charge in [-0.25, -0.2) is 0 Å². The molecule has 0 fully saturated rings. The van der Waals surface area contributed by atoms with E-state index in [2.05, 4.69) is 10.3 Å². The molecule has 3 aromatic rings. The number of H-pyrrole nitrogens is 1. The summed E-state index contributed by atoms with van der Waals surface area (Å²) in [6, 6.07) is 12.7. The summed E-state index contributed by atoms with van der Waals surface area (Å²) in [5.41, 5.74) is 4.97. The Morgan fingerprint density at radius 3 is 2.68 bits per heavy atom. The van der Waals surface area contributed by atoms with Gasteiger partial charge in [-0.1, -0.05) is 12.1 Å². The van der Waals surface area contributed by atoms with Crippen LogP contribution in [0.2, 0.25) is 0 Å². The summed E-state index contributed by atoms with van der Waals surface area (Å²) in [6.45, 7) is 0. The number of hydrogen-bond acceptors (Lipinski definition) is 3. The Bertz CT molecular complexity index is 988. The van der Waals surface area contributed by atoms with Crippen LogP contribution in [0.25, 0.3) is 22.8 Å². The molecule has 25 heavy (non-hydrogen) atoms. The minimum atomic E-state index is -0.119. The molecule has 2 aromatic carbocycles. The molecule has 0 atom stereocenters. The van der Waals surface area contributed by atoms with Gasteiger partial charge < -0.3 is 20.1 Å². The second-order valence-corrected chi connectivity index (χ2v) is 5.80. The molecule has 0 spiro atoms. The van der Waals surface area contributed by atoms with Crippen molar-refractivity contribution in [3.8, 4) is 22.6 Å². The maximum Gasteiger partial charge on any atom is 0.256 e. The van der Waals surface area contributed by atoms with Gasteiger partial charge in [0.25, 0.3) is 5.91 Å². The summed E-state index contributed by atoms with van der Waals surface area (Å²) in [5.74, 6) is 0.602. The number of amides is 1. The number of benzene rings is 2. The number of aromatic nitrogens is 1. The summed E-state index contributed by atoms with van der Waals surface area (Å²) in [7, 11) is 1.56. The number of ether oxygens (including phenoxy) is 1. The van der Waals surface area contributed by atoms with E-state index in [0.717, 1.165) is 27.9 Å². The molecule has 0 aliphatic carbocycles. The van der Waals surface area contributed by atoms with Crippen molar-refractivity contribution in [2.75, 3.05) is 12.4 Å². The van der Waals surface area contributed by atoms with Gasteiger partial charge in [0, 0.05) is 40.8 Å². The van der Waals surface area contributed by atoms with Gasteiger partial charge in [0.15, 0.2) is 0 Å². The van der Waals surface area contributed by atoms with Gasteiger partial charge in [0.2, 0.25) is 0 Å². The van der Waals surface area contributed by atoms with E-state index in [1.807, 2.05) is 42.7 Å². The first-order valence-electron chi connectivity index (χ1n) is 7.83. The van der Waals surface area contributed by atoms with Crippen LogP contribution >= 0.6 is 0 Å². The molecule has 0 saturated heterocycles. The highest BCUT2D eigenvalue weighted by molar-refractivity contribution is 6.35. The Morgan fingerprint density at radius 2 is 1.92 bits per heavy atom. The molecule has 0 radical (unpaired) electrons. The number of methoxy groups -OCH3 is 1. The second kappa shape index (κ2) is 5.87. The number of aromatic amines is 1. The first kappa shape index (κ1) is 15.1. The lowest BCUT2D eigenvalue weighted by atomic mass is 9.99. The lowest BCUT2D eigenvalue weighted by Gasteiger charge is -2.10. The van der Waals surface area contributed by atoms with Crippen molar-refractivity contribution in [1.82, 2.24) is 4.98 Å². The van der Waals surface area contributed by atoms with Gasteiger partial charge in [-0.15, -0.1) is 0 Å². The molecule has 0 saturated carbocycles. The molecule has 5 nitrogen and oxygen atoms in total. The molecule has 5 heteroatoms. The third-order valence-corrected chi connectivity index (χ3v) is 4.23. The molecular weight excluding hydrogens is 316 g/mol. The van der Waals surface area contributed by atoms with Crippen molar-refractivity contribution < 1.29 is 14.6 Å². The molecule has 4 rings (SSSR count). The fraction of sp³-hybridized carbons (Fsp3) is 0.0500. The molecule has 2 heterocycles. The van der Waals surface area contributed by atoms with Gasteiger partial charge in [-0.3, -0.25) is 4.79 Å². The van der Waals surface area contributed by atoms with Crippen molar-refractivity contribution >= 4 is 23.2 Å². The topological polar surface area (TPSA) is 74.3 Å². The minimum absolute atomic E-state index is 0.119. The summed E-state index contributed by atoms with van der Waals surface area (Å²) in [4.78, 5) is 15.3.